The number of hydrogen-bond acceptors (Lipinski definition) is 4. The largest absolute Gasteiger partial charge is 0.476 e. The summed E-state index contributed by atoms with van der Waals surface area (Å²) in [4.78, 5) is 13.1. The number of nitrogens with zero attached hydrogens (tertiary/aromatic N) is 1. The average molecular weight is 471 g/mol. The molecular formula is C24H23ClN2O4S. The summed E-state index contributed by atoms with van der Waals surface area (Å²) in [5.41, 5.74) is 2.46. The molecule has 6 nitrogen and oxygen atoms in total. The van der Waals surface area contributed by atoms with Crippen LogP contribution in [0, 0.1) is 6.92 Å². The van der Waals surface area contributed by atoms with Crippen LogP contribution >= 0.6 is 11.6 Å². The van der Waals surface area contributed by atoms with Gasteiger partial charge in [0.15, 0.2) is 6.10 Å². The van der Waals surface area contributed by atoms with E-state index in [-0.39, 0.29) is 23.4 Å². The van der Waals surface area contributed by atoms with Crippen LogP contribution in [0.2, 0.25) is 5.02 Å². The highest BCUT2D eigenvalue weighted by molar-refractivity contribution is 7.92. The van der Waals surface area contributed by atoms with Gasteiger partial charge in [-0.2, -0.15) is 0 Å². The molecule has 1 amide bonds. The molecule has 3 aromatic rings. The highest BCUT2D eigenvalue weighted by Gasteiger charge is 2.37. The Morgan fingerprint density at radius 1 is 1.06 bits per heavy atom. The number of fused-ring (bicyclic) bond motifs is 1. The number of carbonyl (C=O) groups is 1. The number of sulfonamides is 1. The highest BCUT2D eigenvalue weighted by atomic mass is 35.5. The maximum Gasteiger partial charge on any atom is 0.264 e. The molecular weight excluding hydrogens is 448 g/mol. The van der Waals surface area contributed by atoms with Gasteiger partial charge in [0.05, 0.1) is 23.2 Å². The van der Waals surface area contributed by atoms with Crippen LogP contribution in [0.1, 0.15) is 24.1 Å². The lowest BCUT2D eigenvalue weighted by Gasteiger charge is -2.35. The lowest BCUT2D eigenvalue weighted by molar-refractivity contribution is -0.128. The third kappa shape index (κ3) is 4.45. The average Bonchev–Trinajstić information content (AvgIpc) is 2.79. The third-order valence-electron chi connectivity index (χ3n) is 5.37. The first kappa shape index (κ1) is 22.2. The molecule has 166 valence electrons. The van der Waals surface area contributed by atoms with Crippen molar-refractivity contribution in [1.29, 1.82) is 0 Å². The second kappa shape index (κ2) is 8.84. The van der Waals surface area contributed by atoms with E-state index in [1.54, 1.807) is 24.3 Å². The molecule has 8 heteroatoms. The zero-order valence-corrected chi connectivity index (χ0v) is 19.2. The maximum atomic E-state index is 13.4. The first-order valence-corrected chi connectivity index (χ1v) is 12.0. The molecule has 4 rings (SSSR count). The Morgan fingerprint density at radius 2 is 1.72 bits per heavy atom. The number of ether oxygens (including phenoxy) is 1. The first-order valence-electron chi connectivity index (χ1n) is 10.2. The zero-order chi connectivity index (χ0) is 22.9. The van der Waals surface area contributed by atoms with E-state index in [0.29, 0.717) is 16.5 Å². The molecule has 0 fully saturated rings. The van der Waals surface area contributed by atoms with E-state index in [0.717, 1.165) is 11.1 Å². The lowest BCUT2D eigenvalue weighted by atomic mass is 10.1. The Morgan fingerprint density at radius 3 is 2.41 bits per heavy atom. The van der Waals surface area contributed by atoms with Gasteiger partial charge in [0.25, 0.3) is 15.9 Å². The van der Waals surface area contributed by atoms with Crippen molar-refractivity contribution in [2.75, 3.05) is 10.8 Å². The monoisotopic (exact) mass is 470 g/mol. The number of rotatable bonds is 5. The smallest absolute Gasteiger partial charge is 0.264 e. The Bertz CT molecular complexity index is 1230. The lowest BCUT2D eigenvalue weighted by Crippen LogP contribution is -2.51. The summed E-state index contributed by atoms with van der Waals surface area (Å²) in [7, 11) is -3.93. The summed E-state index contributed by atoms with van der Waals surface area (Å²) in [5, 5.41) is 3.37. The van der Waals surface area contributed by atoms with Crippen molar-refractivity contribution >= 4 is 33.2 Å². The fourth-order valence-electron chi connectivity index (χ4n) is 3.54. The number of hydrogen-bond donors (Lipinski definition) is 1. The quantitative estimate of drug-likeness (QED) is 0.596. The van der Waals surface area contributed by atoms with Crippen molar-refractivity contribution in [3.63, 3.8) is 0 Å². The third-order valence-corrected chi connectivity index (χ3v) is 7.41. The molecule has 0 saturated heterocycles. The van der Waals surface area contributed by atoms with Crippen LogP contribution in [0.25, 0.3) is 0 Å². The minimum absolute atomic E-state index is 0.0887. The van der Waals surface area contributed by atoms with Crippen LogP contribution in [0.3, 0.4) is 0 Å². The molecule has 0 saturated carbocycles. The standard InChI is InChI=1S/C24H23ClN2O4S/c1-16-7-9-18(10-8-16)17(2)26-24(28)23-15-27(21-5-3-4-6-22(21)31-23)32(29,30)20-13-11-19(25)12-14-20/h3-14,17,23H,15H2,1-2H3,(H,26,28)/t17-,23+/m0/s1. The number of nitrogens with one attached hydrogen (secondary N) is 1. The predicted octanol–water partition coefficient (Wildman–Crippen LogP) is 4.48. The number of aryl methyl sites for hydroxylation is 1. The minimum Gasteiger partial charge on any atom is -0.476 e. The molecule has 0 aliphatic carbocycles. The molecule has 1 aliphatic heterocycles. The molecule has 1 heterocycles. The van der Waals surface area contributed by atoms with Crippen molar-refractivity contribution in [3.8, 4) is 5.75 Å². The summed E-state index contributed by atoms with van der Waals surface area (Å²) in [5.74, 6) is -0.0525. The van der Waals surface area contributed by atoms with Crippen LogP contribution in [0.4, 0.5) is 5.69 Å². The summed E-state index contributed by atoms with van der Waals surface area (Å²) in [6.07, 6.45) is -1.00. The molecule has 0 spiro atoms. The van der Waals surface area contributed by atoms with Crippen molar-refractivity contribution in [1.82, 2.24) is 5.32 Å². The molecule has 1 aliphatic rings. The van der Waals surface area contributed by atoms with E-state index in [4.69, 9.17) is 16.3 Å². The van der Waals surface area contributed by atoms with E-state index in [1.165, 1.54) is 28.6 Å². The van der Waals surface area contributed by atoms with E-state index in [2.05, 4.69) is 5.32 Å². The van der Waals surface area contributed by atoms with Gasteiger partial charge in [-0.15, -0.1) is 0 Å². The van der Waals surface area contributed by atoms with Crippen LogP contribution < -0.4 is 14.4 Å². The van der Waals surface area contributed by atoms with Crippen LogP contribution in [0.5, 0.6) is 5.75 Å². The normalized spacial score (nSPS) is 16.6. The second-order valence-electron chi connectivity index (χ2n) is 7.71. The predicted molar refractivity (Wildman–Crippen MR) is 125 cm³/mol. The van der Waals surface area contributed by atoms with Gasteiger partial charge in [0.1, 0.15) is 5.75 Å². The Balaban J connectivity index is 1.61. The van der Waals surface area contributed by atoms with E-state index in [9.17, 15) is 13.2 Å². The molecule has 2 atom stereocenters. The summed E-state index contributed by atoms with van der Waals surface area (Å²) in [6, 6.07) is 20.3. The van der Waals surface area contributed by atoms with Crippen LogP contribution in [-0.2, 0) is 14.8 Å². The number of para-hydroxylation sites is 2. The fraction of sp³-hybridized carbons (Fsp3) is 0.208. The second-order valence-corrected chi connectivity index (χ2v) is 10.0. The maximum absolute atomic E-state index is 13.4. The molecule has 0 bridgehead atoms. The van der Waals surface area contributed by atoms with E-state index in [1.807, 2.05) is 38.1 Å². The van der Waals surface area contributed by atoms with Crippen molar-refractivity contribution in [3.05, 3.63) is 88.9 Å². The Kier molecular flexibility index (Phi) is 6.13. The van der Waals surface area contributed by atoms with E-state index >= 15 is 0 Å². The number of amides is 1. The van der Waals surface area contributed by atoms with Gasteiger partial charge in [0.2, 0.25) is 0 Å². The minimum atomic E-state index is -3.93. The van der Waals surface area contributed by atoms with Gasteiger partial charge >= 0.3 is 0 Å². The topological polar surface area (TPSA) is 75.7 Å². The molecule has 32 heavy (non-hydrogen) atoms. The van der Waals surface area contributed by atoms with E-state index < -0.39 is 16.1 Å². The SMILES string of the molecule is Cc1ccc([C@H](C)NC(=O)[C@H]2CN(S(=O)(=O)c3ccc(Cl)cc3)c3ccccc3O2)cc1. The summed E-state index contributed by atoms with van der Waals surface area (Å²) in [6.45, 7) is 3.73. The Labute approximate surface area is 192 Å². The van der Waals surface area contributed by atoms with Crippen molar-refractivity contribution < 1.29 is 17.9 Å². The summed E-state index contributed by atoms with van der Waals surface area (Å²) < 4.78 is 33.9. The molecule has 0 aromatic heterocycles. The molecule has 1 N–H and O–H groups in total. The van der Waals surface area contributed by atoms with Crippen molar-refractivity contribution in [2.24, 2.45) is 0 Å². The van der Waals surface area contributed by atoms with Crippen LogP contribution in [-0.4, -0.2) is 27.0 Å². The molecule has 3 aromatic carbocycles. The number of carbonyl (C=O) groups excluding carboxylic acids is 1. The molecule has 0 radical (unpaired) electrons. The number of benzene rings is 3. The van der Waals surface area contributed by atoms with Gasteiger partial charge in [0, 0.05) is 5.02 Å². The summed E-state index contributed by atoms with van der Waals surface area (Å²) >= 11 is 5.92. The van der Waals surface area contributed by atoms with Crippen LogP contribution in [0.15, 0.2) is 77.7 Å². The van der Waals surface area contributed by atoms with Gasteiger partial charge < -0.3 is 10.1 Å². The van der Waals surface area contributed by atoms with Gasteiger partial charge in [-0.3, -0.25) is 9.10 Å². The Hall–Kier alpha value is -3.03. The highest BCUT2D eigenvalue weighted by Crippen LogP contribution is 2.37. The first-order chi connectivity index (χ1) is 15.3. The van der Waals surface area contributed by atoms with Gasteiger partial charge in [-0.05, 0) is 55.8 Å². The van der Waals surface area contributed by atoms with Crippen molar-refractivity contribution in [2.45, 2.75) is 30.9 Å². The fourth-order valence-corrected chi connectivity index (χ4v) is 5.15. The number of halogens is 1. The number of anilines is 1. The zero-order valence-electron chi connectivity index (χ0n) is 17.7. The van der Waals surface area contributed by atoms with Gasteiger partial charge in [-0.25, -0.2) is 8.42 Å². The van der Waals surface area contributed by atoms with Gasteiger partial charge in [-0.1, -0.05) is 53.6 Å². The molecule has 0 unspecified atom stereocenters.